The predicted octanol–water partition coefficient (Wildman–Crippen LogP) is 4.60. The summed E-state index contributed by atoms with van der Waals surface area (Å²) in [4.78, 5) is 24.9. The third-order valence-corrected chi connectivity index (χ3v) is 10.7. The first-order valence-electron chi connectivity index (χ1n) is 10.0. The SMILES string of the molecule is C=C/C(C)=C1\CC(C(=O)OC)(C(=O)OC)C\C1=C/C#CC#C[Si](CC)(CC)CC. The van der Waals surface area contributed by atoms with E-state index in [1.165, 1.54) is 14.2 Å². The maximum atomic E-state index is 12.5. The molecule has 0 heterocycles. The Bertz CT molecular complexity index is 811. The van der Waals surface area contributed by atoms with Gasteiger partial charge in [0.1, 0.15) is 8.07 Å². The molecule has 29 heavy (non-hydrogen) atoms. The van der Waals surface area contributed by atoms with E-state index in [0.29, 0.717) is 0 Å². The number of carbonyl (C=O) groups excluding carboxylic acids is 2. The number of esters is 2. The van der Waals surface area contributed by atoms with Crippen LogP contribution < -0.4 is 0 Å². The molecule has 1 aliphatic rings. The van der Waals surface area contributed by atoms with Gasteiger partial charge >= 0.3 is 11.9 Å². The number of hydrogen-bond acceptors (Lipinski definition) is 4. The fourth-order valence-electron chi connectivity index (χ4n) is 3.66. The van der Waals surface area contributed by atoms with E-state index in [2.05, 4.69) is 50.7 Å². The minimum Gasteiger partial charge on any atom is -0.468 e. The van der Waals surface area contributed by atoms with Crippen molar-refractivity contribution in [1.29, 1.82) is 0 Å². The molecule has 0 saturated heterocycles. The number of carbonyl (C=O) groups is 2. The highest BCUT2D eigenvalue weighted by molar-refractivity contribution is 6.87. The van der Waals surface area contributed by atoms with E-state index in [1.807, 2.05) is 6.92 Å². The predicted molar refractivity (Wildman–Crippen MR) is 119 cm³/mol. The highest BCUT2D eigenvalue weighted by Crippen LogP contribution is 2.48. The molecule has 0 N–H and O–H groups in total. The maximum absolute atomic E-state index is 12.5. The second kappa shape index (κ2) is 10.9. The molecule has 0 aliphatic heterocycles. The molecule has 0 unspecified atom stereocenters. The van der Waals surface area contributed by atoms with Crippen LogP contribution in [0.1, 0.15) is 40.5 Å². The van der Waals surface area contributed by atoms with Crippen molar-refractivity contribution in [2.24, 2.45) is 5.41 Å². The summed E-state index contributed by atoms with van der Waals surface area (Å²) < 4.78 is 9.84. The quantitative estimate of drug-likeness (QED) is 0.277. The molecule has 0 spiro atoms. The van der Waals surface area contributed by atoms with Crippen LogP contribution in [0.5, 0.6) is 0 Å². The Morgan fingerprint density at radius 2 is 1.62 bits per heavy atom. The Morgan fingerprint density at radius 1 is 1.07 bits per heavy atom. The zero-order chi connectivity index (χ0) is 22.1. The monoisotopic (exact) mass is 412 g/mol. The van der Waals surface area contributed by atoms with Gasteiger partial charge in [0, 0.05) is 12.8 Å². The van der Waals surface area contributed by atoms with E-state index in [1.54, 1.807) is 12.2 Å². The highest BCUT2D eigenvalue weighted by atomic mass is 28.3. The van der Waals surface area contributed by atoms with Gasteiger partial charge in [-0.15, -0.1) is 5.54 Å². The molecule has 0 aromatic heterocycles. The van der Waals surface area contributed by atoms with Crippen LogP contribution in [-0.4, -0.2) is 34.2 Å². The summed E-state index contributed by atoms with van der Waals surface area (Å²) in [5.74, 6) is 7.77. The second-order valence-corrected chi connectivity index (χ2v) is 12.2. The molecule has 4 nitrogen and oxygen atoms in total. The van der Waals surface area contributed by atoms with Gasteiger partial charge in [-0.05, 0) is 59.7 Å². The van der Waals surface area contributed by atoms with Crippen molar-refractivity contribution in [3.63, 3.8) is 0 Å². The van der Waals surface area contributed by atoms with Crippen LogP contribution in [0.3, 0.4) is 0 Å². The van der Waals surface area contributed by atoms with E-state index in [0.717, 1.165) is 34.9 Å². The molecule has 156 valence electrons. The van der Waals surface area contributed by atoms with E-state index in [9.17, 15) is 9.59 Å². The van der Waals surface area contributed by atoms with E-state index in [-0.39, 0.29) is 12.8 Å². The van der Waals surface area contributed by atoms with Gasteiger partial charge in [-0.1, -0.05) is 39.3 Å². The molecule has 0 atom stereocenters. The average molecular weight is 413 g/mol. The molecule has 1 fully saturated rings. The molecule has 5 heteroatoms. The molecule has 0 radical (unpaired) electrons. The summed E-state index contributed by atoms with van der Waals surface area (Å²) in [6.07, 6.45) is 3.86. The van der Waals surface area contributed by atoms with Gasteiger partial charge < -0.3 is 9.47 Å². The van der Waals surface area contributed by atoms with Gasteiger partial charge in [0.25, 0.3) is 0 Å². The van der Waals surface area contributed by atoms with Crippen molar-refractivity contribution in [3.8, 4) is 23.3 Å². The van der Waals surface area contributed by atoms with Crippen LogP contribution in [0, 0.1) is 28.7 Å². The molecular weight excluding hydrogens is 380 g/mol. The summed E-state index contributed by atoms with van der Waals surface area (Å²) in [6.45, 7) is 12.3. The summed E-state index contributed by atoms with van der Waals surface area (Å²) >= 11 is 0. The summed E-state index contributed by atoms with van der Waals surface area (Å²) in [5, 5.41) is 0. The fraction of sp³-hybridized carbons (Fsp3) is 0.500. The van der Waals surface area contributed by atoms with Gasteiger partial charge in [-0.2, -0.15) is 0 Å². The molecule has 0 aromatic carbocycles. The standard InChI is InChI=1S/C24H32O4Si/c1-8-19(5)21-18-24(22(25)27-6,23(26)28-7)17-20(21)15-13-12-14-16-29(9-2,10-3)11-4/h8,15H,1,9-11,17-18H2,2-7H3/b20-15+,21-19+. The van der Waals surface area contributed by atoms with E-state index < -0.39 is 25.4 Å². The van der Waals surface area contributed by atoms with Crippen LogP contribution in [0.2, 0.25) is 18.1 Å². The fourth-order valence-corrected chi connectivity index (χ4v) is 6.02. The molecule has 1 aliphatic carbocycles. The first-order valence-corrected chi connectivity index (χ1v) is 12.6. The maximum Gasteiger partial charge on any atom is 0.323 e. The minimum atomic E-state index is -1.53. The lowest BCUT2D eigenvalue weighted by Crippen LogP contribution is -2.38. The Hall–Kier alpha value is -2.50. The van der Waals surface area contributed by atoms with Crippen LogP contribution in [0.4, 0.5) is 0 Å². The summed E-state index contributed by atoms with van der Waals surface area (Å²) in [7, 11) is 1.03. The zero-order valence-electron chi connectivity index (χ0n) is 18.5. The lowest BCUT2D eigenvalue weighted by atomic mass is 9.85. The van der Waals surface area contributed by atoms with Crippen LogP contribution in [0.25, 0.3) is 0 Å². The largest absolute Gasteiger partial charge is 0.468 e. The number of hydrogen-bond donors (Lipinski definition) is 0. The number of ether oxygens (including phenoxy) is 2. The lowest BCUT2D eigenvalue weighted by molar-refractivity contribution is -0.168. The summed E-state index contributed by atoms with van der Waals surface area (Å²) in [5.41, 5.74) is 4.64. The summed E-state index contributed by atoms with van der Waals surface area (Å²) in [6, 6.07) is 3.38. The van der Waals surface area contributed by atoms with Crippen molar-refractivity contribution < 1.29 is 19.1 Å². The highest BCUT2D eigenvalue weighted by Gasteiger charge is 2.54. The molecule has 1 rings (SSSR count). The molecule has 0 aromatic rings. The zero-order valence-corrected chi connectivity index (χ0v) is 19.5. The third-order valence-electron chi connectivity index (χ3n) is 6.03. The average Bonchev–Trinajstić information content (AvgIpc) is 3.15. The third kappa shape index (κ3) is 5.31. The number of methoxy groups -OCH3 is 2. The lowest BCUT2D eigenvalue weighted by Gasteiger charge is -2.21. The van der Waals surface area contributed by atoms with Gasteiger partial charge in [-0.3, -0.25) is 9.59 Å². The minimum absolute atomic E-state index is 0.187. The van der Waals surface area contributed by atoms with Gasteiger partial charge in [0.2, 0.25) is 0 Å². The first-order chi connectivity index (χ1) is 13.8. The Kier molecular flexibility index (Phi) is 9.21. The molecular formula is C24H32O4Si. The topological polar surface area (TPSA) is 52.6 Å². The first kappa shape index (κ1) is 24.5. The second-order valence-electron chi connectivity index (χ2n) is 7.31. The molecule has 0 bridgehead atoms. The Morgan fingerprint density at radius 3 is 2.07 bits per heavy atom. The van der Waals surface area contributed by atoms with Gasteiger partial charge in [-0.25, -0.2) is 0 Å². The van der Waals surface area contributed by atoms with Crippen LogP contribution in [-0.2, 0) is 19.1 Å². The van der Waals surface area contributed by atoms with Crippen LogP contribution in [0.15, 0.2) is 35.5 Å². The Balaban J connectivity index is 3.35. The number of allylic oxidation sites excluding steroid dienone is 5. The van der Waals surface area contributed by atoms with E-state index in [4.69, 9.17) is 9.47 Å². The normalized spacial score (nSPS) is 18.1. The smallest absolute Gasteiger partial charge is 0.323 e. The van der Waals surface area contributed by atoms with Gasteiger partial charge in [0.15, 0.2) is 5.41 Å². The Labute approximate surface area is 176 Å². The van der Waals surface area contributed by atoms with Crippen molar-refractivity contribution in [2.75, 3.05) is 14.2 Å². The van der Waals surface area contributed by atoms with Crippen molar-refractivity contribution in [2.45, 2.75) is 58.7 Å². The number of rotatable bonds is 6. The molecule has 0 amide bonds. The van der Waals surface area contributed by atoms with Crippen molar-refractivity contribution >= 4 is 20.0 Å². The van der Waals surface area contributed by atoms with E-state index >= 15 is 0 Å². The molecule has 1 saturated carbocycles. The van der Waals surface area contributed by atoms with Crippen molar-refractivity contribution in [3.05, 3.63) is 35.5 Å². The van der Waals surface area contributed by atoms with Crippen LogP contribution >= 0.6 is 0 Å². The van der Waals surface area contributed by atoms with Gasteiger partial charge in [0.05, 0.1) is 14.2 Å². The van der Waals surface area contributed by atoms with Crippen molar-refractivity contribution in [1.82, 2.24) is 0 Å².